The molecule has 5 nitrogen and oxygen atoms in total. The van der Waals surface area contributed by atoms with Crippen LogP contribution in [0.25, 0.3) is 0 Å². The molecule has 2 heterocycles. The summed E-state index contributed by atoms with van der Waals surface area (Å²) in [7, 11) is 0. The van der Waals surface area contributed by atoms with Gasteiger partial charge in [0.25, 0.3) is 0 Å². The quantitative estimate of drug-likeness (QED) is 0.681. The molecule has 0 aromatic carbocycles. The summed E-state index contributed by atoms with van der Waals surface area (Å²) in [5.41, 5.74) is 7.12. The van der Waals surface area contributed by atoms with Gasteiger partial charge in [-0.05, 0) is 31.2 Å². The number of hydrogen-bond donors (Lipinski definition) is 1. The van der Waals surface area contributed by atoms with Crippen molar-refractivity contribution in [3.05, 3.63) is 23.9 Å². The smallest absolute Gasteiger partial charge is 0.213 e. The Labute approximate surface area is 136 Å². The van der Waals surface area contributed by atoms with Crippen LogP contribution in [0.5, 0.6) is 5.88 Å². The van der Waals surface area contributed by atoms with Crippen LogP contribution in [0.15, 0.2) is 23.3 Å². The lowest BCUT2D eigenvalue weighted by Gasteiger charge is -2.27. The number of aromatic nitrogens is 1. The normalized spacial score (nSPS) is 20.4. The zero-order valence-electron chi connectivity index (χ0n) is 12.9. The average molecular weight is 320 g/mol. The standard InChI is InChI=1S/C16H24N4OS/c17-16(20-7-9-22-10-8-20)19-12-13-5-6-15(18-11-13)21-14-3-1-2-4-14/h5-6,11,14H,1-4,7-10,12H2,(H2,17,19). The number of ether oxygens (including phenoxy) is 1. The van der Waals surface area contributed by atoms with Gasteiger partial charge in [0.1, 0.15) is 6.10 Å². The lowest BCUT2D eigenvalue weighted by Crippen LogP contribution is -2.42. The van der Waals surface area contributed by atoms with Gasteiger partial charge in [-0.25, -0.2) is 9.98 Å². The molecule has 0 spiro atoms. The summed E-state index contributed by atoms with van der Waals surface area (Å²) in [5.74, 6) is 3.63. The van der Waals surface area contributed by atoms with Crippen molar-refractivity contribution >= 4 is 17.7 Å². The van der Waals surface area contributed by atoms with E-state index in [0.29, 0.717) is 18.6 Å². The van der Waals surface area contributed by atoms with E-state index >= 15 is 0 Å². The Kier molecular flexibility index (Phi) is 5.43. The molecule has 1 aliphatic carbocycles. The molecule has 2 fully saturated rings. The highest BCUT2D eigenvalue weighted by molar-refractivity contribution is 7.99. The predicted molar refractivity (Wildman–Crippen MR) is 91.3 cm³/mol. The van der Waals surface area contributed by atoms with Gasteiger partial charge in [0.2, 0.25) is 5.88 Å². The first-order valence-electron chi connectivity index (χ1n) is 8.05. The first-order chi connectivity index (χ1) is 10.8. The summed E-state index contributed by atoms with van der Waals surface area (Å²) in [6.45, 7) is 2.56. The fraction of sp³-hybridized carbons (Fsp3) is 0.625. The number of nitrogens with two attached hydrogens (primary N) is 1. The minimum absolute atomic E-state index is 0.351. The van der Waals surface area contributed by atoms with Gasteiger partial charge >= 0.3 is 0 Å². The van der Waals surface area contributed by atoms with Crippen LogP contribution >= 0.6 is 11.8 Å². The molecule has 0 atom stereocenters. The molecule has 6 heteroatoms. The first-order valence-corrected chi connectivity index (χ1v) is 9.21. The Morgan fingerprint density at radius 3 is 2.77 bits per heavy atom. The Bertz CT molecular complexity index is 493. The van der Waals surface area contributed by atoms with Crippen molar-refractivity contribution < 1.29 is 4.74 Å². The summed E-state index contributed by atoms with van der Waals surface area (Å²) in [6, 6.07) is 3.97. The topological polar surface area (TPSA) is 63.7 Å². The molecule has 120 valence electrons. The van der Waals surface area contributed by atoms with E-state index < -0.39 is 0 Å². The summed E-state index contributed by atoms with van der Waals surface area (Å²) in [6.07, 6.45) is 7.03. The highest BCUT2D eigenvalue weighted by atomic mass is 32.2. The zero-order chi connectivity index (χ0) is 15.2. The second-order valence-corrected chi connectivity index (χ2v) is 7.03. The Hall–Kier alpha value is -1.43. The SMILES string of the molecule is NC(=NCc1ccc(OC2CCCC2)nc1)N1CCSCC1. The van der Waals surface area contributed by atoms with E-state index in [-0.39, 0.29) is 0 Å². The number of nitrogens with zero attached hydrogens (tertiary/aromatic N) is 3. The maximum atomic E-state index is 6.06. The number of thioether (sulfide) groups is 1. The van der Waals surface area contributed by atoms with Crippen LogP contribution in [0.1, 0.15) is 31.2 Å². The van der Waals surface area contributed by atoms with Gasteiger partial charge in [0.15, 0.2) is 5.96 Å². The molecule has 22 heavy (non-hydrogen) atoms. The maximum absolute atomic E-state index is 6.06. The second kappa shape index (κ2) is 7.72. The van der Waals surface area contributed by atoms with Gasteiger partial charge in [-0.2, -0.15) is 11.8 Å². The number of hydrogen-bond acceptors (Lipinski definition) is 4. The molecule has 1 saturated heterocycles. The fourth-order valence-corrected chi connectivity index (χ4v) is 3.72. The average Bonchev–Trinajstić information content (AvgIpc) is 3.08. The molecule has 2 aliphatic rings. The summed E-state index contributed by atoms with van der Waals surface area (Å²) < 4.78 is 5.87. The summed E-state index contributed by atoms with van der Waals surface area (Å²) in [4.78, 5) is 11.0. The van der Waals surface area contributed by atoms with E-state index in [1.165, 1.54) is 12.8 Å². The lowest BCUT2D eigenvalue weighted by molar-refractivity contribution is 0.201. The molecule has 0 unspecified atom stereocenters. The van der Waals surface area contributed by atoms with Gasteiger partial charge in [-0.1, -0.05) is 6.07 Å². The van der Waals surface area contributed by atoms with Gasteiger partial charge in [-0.15, -0.1) is 0 Å². The molecule has 3 rings (SSSR count). The van der Waals surface area contributed by atoms with Crippen molar-refractivity contribution in [1.29, 1.82) is 0 Å². The molecule has 1 aliphatic heterocycles. The maximum Gasteiger partial charge on any atom is 0.213 e. The van der Waals surface area contributed by atoms with Gasteiger partial charge in [0, 0.05) is 36.9 Å². The van der Waals surface area contributed by atoms with Crippen molar-refractivity contribution in [2.24, 2.45) is 10.7 Å². The number of pyridine rings is 1. The monoisotopic (exact) mass is 320 g/mol. The fourth-order valence-electron chi connectivity index (χ4n) is 2.82. The van der Waals surface area contributed by atoms with Crippen LogP contribution < -0.4 is 10.5 Å². The van der Waals surface area contributed by atoms with E-state index in [9.17, 15) is 0 Å². The zero-order valence-corrected chi connectivity index (χ0v) is 13.7. The Morgan fingerprint density at radius 2 is 2.09 bits per heavy atom. The number of aliphatic imine (C=N–C) groups is 1. The van der Waals surface area contributed by atoms with E-state index in [0.717, 1.165) is 48.9 Å². The van der Waals surface area contributed by atoms with Crippen molar-refractivity contribution in [3.63, 3.8) is 0 Å². The number of rotatable bonds is 4. The molecule has 1 saturated carbocycles. The van der Waals surface area contributed by atoms with Gasteiger partial charge < -0.3 is 15.4 Å². The first kappa shape index (κ1) is 15.5. The lowest BCUT2D eigenvalue weighted by atomic mass is 10.3. The molecule has 1 aromatic rings. The van der Waals surface area contributed by atoms with E-state index in [2.05, 4.69) is 14.9 Å². The number of guanidine groups is 1. The Balaban J connectivity index is 1.51. The highest BCUT2D eigenvalue weighted by Gasteiger charge is 2.16. The molecular weight excluding hydrogens is 296 g/mol. The Morgan fingerprint density at radius 1 is 1.32 bits per heavy atom. The summed E-state index contributed by atoms with van der Waals surface area (Å²) in [5, 5.41) is 0. The van der Waals surface area contributed by atoms with Crippen molar-refractivity contribution in [3.8, 4) is 5.88 Å². The van der Waals surface area contributed by atoms with E-state index in [1.807, 2.05) is 30.1 Å². The minimum atomic E-state index is 0.351. The van der Waals surface area contributed by atoms with Gasteiger partial charge in [0.05, 0.1) is 6.54 Å². The molecule has 0 amide bonds. The molecular formula is C16H24N4OS. The van der Waals surface area contributed by atoms with Crippen LogP contribution in [0.4, 0.5) is 0 Å². The minimum Gasteiger partial charge on any atom is -0.474 e. The highest BCUT2D eigenvalue weighted by Crippen LogP contribution is 2.22. The molecule has 0 bridgehead atoms. The van der Waals surface area contributed by atoms with E-state index in [4.69, 9.17) is 10.5 Å². The third-order valence-electron chi connectivity index (χ3n) is 4.15. The van der Waals surface area contributed by atoms with Crippen molar-refractivity contribution in [2.75, 3.05) is 24.6 Å². The van der Waals surface area contributed by atoms with Crippen LogP contribution in [-0.2, 0) is 6.54 Å². The summed E-state index contributed by atoms with van der Waals surface area (Å²) >= 11 is 1.97. The van der Waals surface area contributed by atoms with E-state index in [1.54, 1.807) is 0 Å². The van der Waals surface area contributed by atoms with Gasteiger partial charge in [-0.3, -0.25) is 0 Å². The van der Waals surface area contributed by atoms with Crippen LogP contribution in [0, 0.1) is 0 Å². The third kappa shape index (κ3) is 4.29. The molecule has 2 N–H and O–H groups in total. The second-order valence-electron chi connectivity index (χ2n) is 5.80. The van der Waals surface area contributed by atoms with Crippen molar-refractivity contribution in [2.45, 2.75) is 38.3 Å². The molecule has 1 aromatic heterocycles. The van der Waals surface area contributed by atoms with Crippen LogP contribution in [0.2, 0.25) is 0 Å². The largest absolute Gasteiger partial charge is 0.474 e. The molecule has 0 radical (unpaired) electrons. The van der Waals surface area contributed by atoms with Crippen LogP contribution in [-0.4, -0.2) is 46.5 Å². The van der Waals surface area contributed by atoms with Crippen LogP contribution in [0.3, 0.4) is 0 Å². The van der Waals surface area contributed by atoms with Crippen molar-refractivity contribution in [1.82, 2.24) is 9.88 Å². The predicted octanol–water partition coefficient (Wildman–Crippen LogP) is 2.27. The third-order valence-corrected chi connectivity index (χ3v) is 5.09.